The zero-order chi connectivity index (χ0) is 18.7. The molecule has 1 heterocycles. The molecular formula is C19H22ClN5O. The fraction of sp³-hybridized carbons (Fsp3) is 0.316. The summed E-state index contributed by atoms with van der Waals surface area (Å²) >= 11 is 6.32. The van der Waals surface area contributed by atoms with Crippen LogP contribution in [0.4, 0.5) is 0 Å². The first-order valence-electron chi connectivity index (χ1n) is 8.53. The van der Waals surface area contributed by atoms with Crippen molar-refractivity contribution >= 4 is 28.5 Å². The van der Waals surface area contributed by atoms with E-state index >= 15 is 0 Å². The minimum Gasteiger partial charge on any atom is -0.350 e. The second kappa shape index (κ2) is 7.85. The van der Waals surface area contributed by atoms with Gasteiger partial charge in [0.25, 0.3) is 5.91 Å². The predicted octanol–water partition coefficient (Wildman–Crippen LogP) is 3.14. The number of nitrogens with zero attached hydrogens (tertiary/aromatic N) is 4. The molecule has 0 aliphatic heterocycles. The number of hydrogen-bond donors (Lipinski definition) is 1. The number of fused-ring (bicyclic) bond motifs is 1. The van der Waals surface area contributed by atoms with Crippen LogP contribution in [-0.2, 0) is 6.54 Å². The normalized spacial score (nSPS) is 12.5. The molecule has 0 spiro atoms. The summed E-state index contributed by atoms with van der Waals surface area (Å²) in [5.41, 5.74) is 3.19. The van der Waals surface area contributed by atoms with E-state index in [2.05, 4.69) is 15.6 Å². The zero-order valence-corrected chi connectivity index (χ0v) is 15.9. The van der Waals surface area contributed by atoms with Crippen molar-refractivity contribution < 1.29 is 4.79 Å². The number of benzene rings is 2. The van der Waals surface area contributed by atoms with Crippen LogP contribution in [-0.4, -0.2) is 46.4 Å². The Bertz CT molecular complexity index is 921. The van der Waals surface area contributed by atoms with E-state index in [1.165, 1.54) is 0 Å². The number of carbonyl (C=O) groups is 1. The summed E-state index contributed by atoms with van der Waals surface area (Å²) in [4.78, 5) is 14.6. The van der Waals surface area contributed by atoms with Gasteiger partial charge < -0.3 is 10.2 Å². The van der Waals surface area contributed by atoms with E-state index in [1.807, 2.05) is 56.3 Å². The Balaban J connectivity index is 1.75. The molecule has 1 aromatic heterocycles. The topological polar surface area (TPSA) is 63.1 Å². The summed E-state index contributed by atoms with van der Waals surface area (Å²) in [7, 11) is 3.94. The van der Waals surface area contributed by atoms with Gasteiger partial charge in [0.2, 0.25) is 0 Å². The van der Waals surface area contributed by atoms with E-state index in [4.69, 9.17) is 11.6 Å². The first-order chi connectivity index (χ1) is 12.5. The third kappa shape index (κ3) is 3.71. The Morgan fingerprint density at radius 1 is 1.27 bits per heavy atom. The van der Waals surface area contributed by atoms with Gasteiger partial charge in [0.05, 0.1) is 11.6 Å². The monoisotopic (exact) mass is 371 g/mol. The molecule has 0 saturated carbocycles. The van der Waals surface area contributed by atoms with Crippen molar-refractivity contribution in [1.82, 2.24) is 25.2 Å². The molecule has 1 amide bonds. The van der Waals surface area contributed by atoms with E-state index in [0.29, 0.717) is 17.1 Å². The number of halogens is 1. The summed E-state index contributed by atoms with van der Waals surface area (Å²) in [5, 5.41) is 11.9. The van der Waals surface area contributed by atoms with Crippen molar-refractivity contribution in [2.75, 3.05) is 20.6 Å². The maximum absolute atomic E-state index is 12.6. The Labute approximate surface area is 157 Å². The lowest BCUT2D eigenvalue weighted by atomic mass is 10.1. The fourth-order valence-corrected chi connectivity index (χ4v) is 3.22. The number of aromatic nitrogens is 3. The average Bonchev–Trinajstić information content (AvgIpc) is 3.05. The van der Waals surface area contributed by atoms with Gasteiger partial charge in [-0.05, 0) is 50.8 Å². The smallest absolute Gasteiger partial charge is 0.251 e. The molecule has 26 heavy (non-hydrogen) atoms. The highest BCUT2D eigenvalue weighted by Crippen LogP contribution is 2.25. The number of amides is 1. The van der Waals surface area contributed by atoms with Crippen molar-refractivity contribution in [1.29, 1.82) is 0 Å². The van der Waals surface area contributed by atoms with Crippen molar-refractivity contribution in [3.05, 3.63) is 58.6 Å². The highest BCUT2D eigenvalue weighted by molar-refractivity contribution is 6.31. The lowest BCUT2D eigenvalue weighted by Crippen LogP contribution is -2.34. The van der Waals surface area contributed by atoms with Crippen molar-refractivity contribution in [2.24, 2.45) is 0 Å². The van der Waals surface area contributed by atoms with Gasteiger partial charge in [-0.25, -0.2) is 4.68 Å². The molecule has 0 aliphatic carbocycles. The summed E-state index contributed by atoms with van der Waals surface area (Å²) in [6.45, 7) is 3.20. The van der Waals surface area contributed by atoms with E-state index in [0.717, 1.165) is 23.1 Å². The van der Waals surface area contributed by atoms with Gasteiger partial charge in [-0.2, -0.15) is 0 Å². The van der Waals surface area contributed by atoms with Gasteiger partial charge in [0, 0.05) is 23.7 Å². The third-order valence-corrected chi connectivity index (χ3v) is 4.76. The summed E-state index contributed by atoms with van der Waals surface area (Å²) < 4.78 is 1.80. The van der Waals surface area contributed by atoms with Crippen LogP contribution < -0.4 is 5.32 Å². The first-order valence-corrected chi connectivity index (χ1v) is 8.91. The quantitative estimate of drug-likeness (QED) is 0.723. The fourth-order valence-electron chi connectivity index (χ4n) is 2.95. The number of nitrogens with one attached hydrogen (secondary N) is 1. The maximum Gasteiger partial charge on any atom is 0.251 e. The molecular weight excluding hydrogens is 350 g/mol. The number of hydrogen-bond acceptors (Lipinski definition) is 4. The SMILES string of the molecule is CCn1nnc2cc(C(=O)NC[C@@H](c3ccccc3Cl)N(C)C)ccc21. The van der Waals surface area contributed by atoms with Crippen LogP contribution in [0.15, 0.2) is 42.5 Å². The highest BCUT2D eigenvalue weighted by Gasteiger charge is 2.18. The van der Waals surface area contributed by atoms with Crippen LogP contribution in [0.2, 0.25) is 5.02 Å². The number of likely N-dealkylation sites (N-methyl/N-ethyl adjacent to an activating group) is 1. The Hall–Kier alpha value is -2.44. The van der Waals surface area contributed by atoms with Crippen LogP contribution in [0, 0.1) is 0 Å². The van der Waals surface area contributed by atoms with Crippen molar-refractivity contribution in [2.45, 2.75) is 19.5 Å². The lowest BCUT2D eigenvalue weighted by molar-refractivity contribution is 0.0942. The first kappa shape index (κ1) is 18.4. The minimum absolute atomic E-state index is 0.0163. The Morgan fingerprint density at radius 2 is 2.04 bits per heavy atom. The highest BCUT2D eigenvalue weighted by atomic mass is 35.5. The molecule has 136 valence electrons. The molecule has 2 aromatic carbocycles. The van der Waals surface area contributed by atoms with Crippen LogP contribution in [0.25, 0.3) is 11.0 Å². The average molecular weight is 372 g/mol. The molecule has 0 bridgehead atoms. The molecule has 0 aliphatic rings. The predicted molar refractivity (Wildman–Crippen MR) is 103 cm³/mol. The molecule has 0 fully saturated rings. The van der Waals surface area contributed by atoms with Crippen LogP contribution in [0.3, 0.4) is 0 Å². The number of rotatable bonds is 6. The maximum atomic E-state index is 12.6. The number of carbonyl (C=O) groups excluding carboxylic acids is 1. The lowest BCUT2D eigenvalue weighted by Gasteiger charge is -2.26. The molecule has 3 rings (SSSR count). The minimum atomic E-state index is -0.142. The Morgan fingerprint density at radius 3 is 2.73 bits per heavy atom. The van der Waals surface area contributed by atoms with Gasteiger partial charge in [0.15, 0.2) is 0 Å². The summed E-state index contributed by atoms with van der Waals surface area (Å²) in [5.74, 6) is -0.142. The van der Waals surface area contributed by atoms with Gasteiger partial charge in [-0.1, -0.05) is 35.0 Å². The van der Waals surface area contributed by atoms with Crippen molar-refractivity contribution in [3.8, 4) is 0 Å². The molecule has 0 radical (unpaired) electrons. The van der Waals surface area contributed by atoms with Gasteiger partial charge in [-0.3, -0.25) is 4.79 Å². The largest absolute Gasteiger partial charge is 0.350 e. The van der Waals surface area contributed by atoms with Crippen LogP contribution >= 0.6 is 11.6 Å². The van der Waals surface area contributed by atoms with Gasteiger partial charge in [0.1, 0.15) is 5.52 Å². The molecule has 0 unspecified atom stereocenters. The van der Waals surface area contributed by atoms with Crippen molar-refractivity contribution in [3.63, 3.8) is 0 Å². The molecule has 7 heteroatoms. The summed E-state index contributed by atoms with van der Waals surface area (Å²) in [6, 6.07) is 13.1. The van der Waals surface area contributed by atoms with E-state index in [9.17, 15) is 4.79 Å². The second-order valence-electron chi connectivity index (χ2n) is 6.32. The third-order valence-electron chi connectivity index (χ3n) is 4.42. The standard InChI is InChI=1S/C19H22ClN5O/c1-4-25-17-10-9-13(11-16(17)22-23-25)19(26)21-12-18(24(2)3)14-7-5-6-8-15(14)20/h5-11,18H,4,12H2,1-3H3,(H,21,26)/t18-/m0/s1. The summed E-state index contributed by atoms with van der Waals surface area (Å²) in [6.07, 6.45) is 0. The second-order valence-corrected chi connectivity index (χ2v) is 6.73. The van der Waals surface area contributed by atoms with E-state index < -0.39 is 0 Å². The molecule has 1 atom stereocenters. The van der Waals surface area contributed by atoms with Crippen LogP contribution in [0.1, 0.15) is 28.9 Å². The molecule has 1 N–H and O–H groups in total. The van der Waals surface area contributed by atoms with Gasteiger partial charge >= 0.3 is 0 Å². The molecule has 0 saturated heterocycles. The van der Waals surface area contributed by atoms with Crippen LogP contribution in [0.5, 0.6) is 0 Å². The zero-order valence-electron chi connectivity index (χ0n) is 15.1. The molecule has 3 aromatic rings. The molecule has 6 nitrogen and oxygen atoms in total. The number of aryl methyl sites for hydroxylation is 1. The Kier molecular flexibility index (Phi) is 5.54. The van der Waals surface area contributed by atoms with E-state index in [-0.39, 0.29) is 11.9 Å². The van der Waals surface area contributed by atoms with E-state index in [1.54, 1.807) is 16.8 Å². The van der Waals surface area contributed by atoms with Gasteiger partial charge in [-0.15, -0.1) is 5.10 Å².